The summed E-state index contributed by atoms with van der Waals surface area (Å²) in [6.07, 6.45) is 2.62. The summed E-state index contributed by atoms with van der Waals surface area (Å²) in [7, 11) is 0. The zero-order valence-electron chi connectivity index (χ0n) is 18.7. The molecule has 0 aliphatic carbocycles. The molecule has 1 aliphatic rings. The number of nitrogens with one attached hydrogen (secondary N) is 1. The molecule has 2 aromatic carbocycles. The molecular formula is C26H34N4OS. The Hall–Kier alpha value is -2.96. The molecule has 4 rings (SSSR count). The Morgan fingerprint density at radius 3 is 2.78 bits per heavy atom. The highest BCUT2D eigenvalue weighted by Crippen LogP contribution is 2.31. The van der Waals surface area contributed by atoms with Crippen LogP contribution in [0.25, 0.3) is 10.4 Å². The second-order valence-corrected chi connectivity index (χ2v) is 9.62. The maximum Gasteiger partial charge on any atom is 0.252 e. The number of nitrogens with two attached hydrogens (primary N) is 1. The van der Waals surface area contributed by atoms with Crippen LogP contribution < -0.4 is 11.1 Å². The minimum Gasteiger partial charge on any atom is -0.397 e. The molecule has 1 aromatic heterocycles. The van der Waals surface area contributed by atoms with Crippen LogP contribution in [-0.4, -0.2) is 30.6 Å². The van der Waals surface area contributed by atoms with Crippen molar-refractivity contribution in [3.8, 4) is 10.4 Å². The Bertz CT molecular complexity index is 1140. The minimum atomic E-state index is -0.147. The molecule has 6 heteroatoms. The number of aliphatic imine (C=N–C) groups is 1. The number of rotatable bonds is 7. The largest absolute Gasteiger partial charge is 0.397 e. The van der Waals surface area contributed by atoms with E-state index in [9.17, 15) is 4.79 Å². The summed E-state index contributed by atoms with van der Waals surface area (Å²) < 4.78 is 0. The maximum absolute atomic E-state index is 12.9. The number of aryl methyl sites for hydroxylation is 1. The normalized spacial score (nSPS) is 14.9. The van der Waals surface area contributed by atoms with Crippen molar-refractivity contribution in [3.63, 3.8) is 0 Å². The highest BCUT2D eigenvalue weighted by atomic mass is 32.1. The monoisotopic (exact) mass is 450 g/mol. The molecule has 170 valence electrons. The van der Waals surface area contributed by atoms with E-state index in [-0.39, 0.29) is 14.8 Å². The van der Waals surface area contributed by atoms with Gasteiger partial charge in [-0.05, 0) is 93.5 Å². The fourth-order valence-electron chi connectivity index (χ4n) is 4.19. The summed E-state index contributed by atoms with van der Waals surface area (Å²) in [6, 6.07) is 16.2. The lowest BCUT2D eigenvalue weighted by atomic mass is 10.0. The smallest absolute Gasteiger partial charge is 0.252 e. The van der Waals surface area contributed by atoms with Gasteiger partial charge in [0.1, 0.15) is 0 Å². The van der Waals surface area contributed by atoms with E-state index in [0.29, 0.717) is 16.9 Å². The van der Waals surface area contributed by atoms with E-state index in [1.165, 1.54) is 41.2 Å². The predicted molar refractivity (Wildman–Crippen MR) is 139 cm³/mol. The zero-order valence-corrected chi connectivity index (χ0v) is 19.5. The van der Waals surface area contributed by atoms with Crippen LogP contribution in [0.5, 0.6) is 0 Å². The van der Waals surface area contributed by atoms with E-state index in [2.05, 4.69) is 58.3 Å². The zero-order chi connectivity index (χ0) is 22.7. The minimum absolute atomic E-state index is 0. The van der Waals surface area contributed by atoms with Crippen molar-refractivity contribution in [2.75, 3.05) is 18.8 Å². The lowest BCUT2D eigenvalue weighted by Gasteiger charge is -2.17. The van der Waals surface area contributed by atoms with Crippen LogP contribution in [0, 0.1) is 6.92 Å². The Morgan fingerprint density at radius 1 is 1.25 bits per heavy atom. The van der Waals surface area contributed by atoms with Crippen molar-refractivity contribution in [1.29, 1.82) is 0 Å². The van der Waals surface area contributed by atoms with Crippen molar-refractivity contribution in [2.24, 2.45) is 4.99 Å². The number of thiophene rings is 1. The molecule has 5 nitrogen and oxygen atoms in total. The number of hydrogen-bond donors (Lipinski definition) is 2. The summed E-state index contributed by atoms with van der Waals surface area (Å²) in [6.45, 7) is 10.9. The van der Waals surface area contributed by atoms with Crippen LogP contribution in [0.4, 0.5) is 11.4 Å². The highest BCUT2D eigenvalue weighted by molar-refractivity contribution is 7.15. The second kappa shape index (κ2) is 9.67. The topological polar surface area (TPSA) is 70.7 Å². The number of carbonyl (C=O) groups is 1. The van der Waals surface area contributed by atoms with Crippen LogP contribution in [-0.2, 0) is 6.54 Å². The molecule has 1 fully saturated rings. The SMILES string of the molecule is C=Nc1cc(C)c(C(=O)N[C@H](C)c2cccc(-c3ccc(CN4CCCC4)s3)c2)cc1N.[HH].[HH]. The molecule has 2 heterocycles. The number of nitrogen functional groups attached to an aromatic ring is 1. The number of anilines is 1. The van der Waals surface area contributed by atoms with Crippen molar-refractivity contribution in [2.45, 2.75) is 39.3 Å². The number of likely N-dealkylation sites (tertiary alicyclic amines) is 1. The molecule has 1 atom stereocenters. The van der Waals surface area contributed by atoms with E-state index in [1.807, 2.05) is 25.2 Å². The summed E-state index contributed by atoms with van der Waals surface area (Å²) in [5.41, 5.74) is 10.7. The van der Waals surface area contributed by atoms with Crippen LogP contribution in [0.2, 0.25) is 0 Å². The Morgan fingerprint density at radius 2 is 2.03 bits per heavy atom. The van der Waals surface area contributed by atoms with Crippen LogP contribution >= 0.6 is 11.3 Å². The Labute approximate surface area is 197 Å². The number of hydrogen-bond acceptors (Lipinski definition) is 5. The molecule has 0 unspecified atom stereocenters. The average Bonchev–Trinajstić information content (AvgIpc) is 3.47. The number of benzene rings is 2. The predicted octanol–water partition coefficient (Wildman–Crippen LogP) is 6.22. The van der Waals surface area contributed by atoms with Gasteiger partial charge in [0.25, 0.3) is 5.91 Å². The van der Waals surface area contributed by atoms with Gasteiger partial charge >= 0.3 is 0 Å². The first-order chi connectivity index (χ1) is 15.4. The lowest BCUT2D eigenvalue weighted by Crippen LogP contribution is -2.27. The van der Waals surface area contributed by atoms with E-state index >= 15 is 0 Å². The number of carbonyl (C=O) groups excluding carboxylic acids is 1. The highest BCUT2D eigenvalue weighted by Gasteiger charge is 2.17. The molecule has 3 N–H and O–H groups in total. The molecule has 3 aromatic rings. The molecule has 1 aliphatic heterocycles. The van der Waals surface area contributed by atoms with Crippen molar-refractivity contribution < 1.29 is 7.65 Å². The van der Waals surface area contributed by atoms with Crippen molar-refractivity contribution in [3.05, 3.63) is 70.1 Å². The van der Waals surface area contributed by atoms with E-state index in [4.69, 9.17) is 5.73 Å². The number of nitrogens with zero attached hydrogens (tertiary/aromatic N) is 2. The first-order valence-corrected chi connectivity index (χ1v) is 11.9. The molecule has 0 saturated carbocycles. The average molecular weight is 451 g/mol. The number of amides is 1. The van der Waals surface area contributed by atoms with E-state index < -0.39 is 0 Å². The van der Waals surface area contributed by atoms with Crippen molar-refractivity contribution in [1.82, 2.24) is 10.2 Å². The molecule has 1 amide bonds. The van der Waals surface area contributed by atoms with Crippen LogP contribution in [0.1, 0.15) is 55.0 Å². The lowest BCUT2D eigenvalue weighted by molar-refractivity contribution is 0.0939. The fraction of sp³-hybridized carbons (Fsp3) is 0.308. The van der Waals surface area contributed by atoms with Gasteiger partial charge in [-0.15, -0.1) is 11.3 Å². The van der Waals surface area contributed by atoms with E-state index in [0.717, 1.165) is 17.7 Å². The van der Waals surface area contributed by atoms with Crippen LogP contribution in [0.15, 0.2) is 53.5 Å². The third-order valence-electron chi connectivity index (χ3n) is 6.05. The molecule has 1 saturated heterocycles. The van der Waals surface area contributed by atoms with Gasteiger partial charge < -0.3 is 11.1 Å². The third kappa shape index (κ3) is 4.92. The third-order valence-corrected chi connectivity index (χ3v) is 7.17. The first-order valence-electron chi connectivity index (χ1n) is 11.0. The van der Waals surface area contributed by atoms with Gasteiger partial charge in [-0.2, -0.15) is 0 Å². The van der Waals surface area contributed by atoms with Crippen molar-refractivity contribution >= 4 is 35.3 Å². The van der Waals surface area contributed by atoms with Gasteiger partial charge in [-0.25, -0.2) is 0 Å². The molecule has 32 heavy (non-hydrogen) atoms. The fourth-order valence-corrected chi connectivity index (χ4v) is 5.24. The van der Waals surface area contributed by atoms with Gasteiger partial charge in [0.15, 0.2) is 0 Å². The van der Waals surface area contributed by atoms with Gasteiger partial charge in [0.05, 0.1) is 17.4 Å². The molecule has 0 spiro atoms. The molecule has 0 bridgehead atoms. The van der Waals surface area contributed by atoms with Gasteiger partial charge in [-0.3, -0.25) is 14.7 Å². The van der Waals surface area contributed by atoms with Crippen LogP contribution in [0.3, 0.4) is 0 Å². The summed E-state index contributed by atoms with van der Waals surface area (Å²) in [4.78, 5) is 22.0. The Balaban J connectivity index is 0.00000204. The standard InChI is InChI=1S/C26H30N4OS.2H2/c1-17-13-24(28-3)23(27)15-22(17)26(31)29-18(2)19-7-6-8-20(14-19)25-10-9-21(32-25)16-30-11-4-5-12-30;;/h6-10,13-15,18H,3-5,11-12,16,27H2,1-2H3,(H,29,31);2*1H/t18-;;/m1../s1. The Kier molecular flexibility index (Phi) is 6.72. The maximum atomic E-state index is 12.9. The first kappa shape index (κ1) is 22.2. The van der Waals surface area contributed by atoms with Gasteiger partial charge in [-0.1, -0.05) is 18.2 Å². The second-order valence-electron chi connectivity index (χ2n) is 8.45. The van der Waals surface area contributed by atoms with Gasteiger partial charge in [0, 0.05) is 24.7 Å². The quantitative estimate of drug-likeness (QED) is 0.332. The molecular weight excluding hydrogens is 416 g/mol. The summed E-state index contributed by atoms with van der Waals surface area (Å²) >= 11 is 1.85. The molecule has 0 radical (unpaired) electrons. The van der Waals surface area contributed by atoms with Gasteiger partial charge in [0.2, 0.25) is 0 Å². The van der Waals surface area contributed by atoms with E-state index in [1.54, 1.807) is 12.1 Å². The summed E-state index contributed by atoms with van der Waals surface area (Å²) in [5.74, 6) is -0.147. The summed E-state index contributed by atoms with van der Waals surface area (Å²) in [5, 5.41) is 3.11.